The van der Waals surface area contributed by atoms with Crippen LogP contribution in [0.1, 0.15) is 19.3 Å². The van der Waals surface area contributed by atoms with Gasteiger partial charge in [-0.1, -0.05) is 30.3 Å². The predicted octanol–water partition coefficient (Wildman–Crippen LogP) is 3.20. The van der Waals surface area contributed by atoms with E-state index in [1.807, 2.05) is 37.2 Å². The molecule has 0 atom stereocenters. The average molecular weight is 282 g/mol. The molecule has 0 aliphatic carbocycles. The van der Waals surface area contributed by atoms with Crippen LogP contribution in [0.25, 0.3) is 11.3 Å². The van der Waals surface area contributed by atoms with Crippen molar-refractivity contribution in [1.29, 1.82) is 0 Å². The summed E-state index contributed by atoms with van der Waals surface area (Å²) in [6.07, 6.45) is 3.78. The fourth-order valence-corrected chi connectivity index (χ4v) is 2.64. The number of piperidine rings is 1. The Morgan fingerprint density at radius 3 is 2.33 bits per heavy atom. The van der Waals surface area contributed by atoms with Crippen LogP contribution in [0.4, 0.5) is 11.8 Å². The highest BCUT2D eigenvalue weighted by Crippen LogP contribution is 2.25. The van der Waals surface area contributed by atoms with Crippen LogP contribution in [-0.2, 0) is 0 Å². The number of benzene rings is 1. The van der Waals surface area contributed by atoms with E-state index in [0.717, 1.165) is 36.1 Å². The van der Waals surface area contributed by atoms with Crippen LogP contribution in [0.5, 0.6) is 0 Å². The third kappa shape index (κ3) is 3.15. The SMILES string of the molecule is CN(C)c1cc(-c2ccccc2)nc(N2CCCCC2)n1. The monoisotopic (exact) mass is 282 g/mol. The molecule has 0 bridgehead atoms. The fraction of sp³-hybridized carbons (Fsp3) is 0.412. The zero-order valence-corrected chi connectivity index (χ0v) is 12.8. The molecule has 1 aromatic heterocycles. The Hall–Kier alpha value is -2.10. The molecule has 0 amide bonds. The van der Waals surface area contributed by atoms with Gasteiger partial charge in [-0.2, -0.15) is 4.98 Å². The van der Waals surface area contributed by atoms with Gasteiger partial charge >= 0.3 is 0 Å². The highest BCUT2D eigenvalue weighted by Gasteiger charge is 2.16. The van der Waals surface area contributed by atoms with Crippen LogP contribution in [0.2, 0.25) is 0 Å². The summed E-state index contributed by atoms with van der Waals surface area (Å²) in [6, 6.07) is 12.4. The smallest absolute Gasteiger partial charge is 0.227 e. The van der Waals surface area contributed by atoms with Crippen LogP contribution >= 0.6 is 0 Å². The predicted molar refractivity (Wildman–Crippen MR) is 87.9 cm³/mol. The second kappa shape index (κ2) is 6.12. The van der Waals surface area contributed by atoms with E-state index in [4.69, 9.17) is 9.97 Å². The van der Waals surface area contributed by atoms with Gasteiger partial charge in [-0.25, -0.2) is 4.98 Å². The summed E-state index contributed by atoms with van der Waals surface area (Å²) < 4.78 is 0. The Balaban J connectivity index is 2.01. The Morgan fingerprint density at radius 1 is 0.952 bits per heavy atom. The maximum atomic E-state index is 4.80. The molecule has 1 aromatic carbocycles. The molecular weight excluding hydrogens is 260 g/mol. The minimum absolute atomic E-state index is 0.861. The highest BCUT2D eigenvalue weighted by molar-refractivity contribution is 5.64. The zero-order chi connectivity index (χ0) is 14.7. The van der Waals surface area contributed by atoms with Crippen molar-refractivity contribution >= 4 is 11.8 Å². The van der Waals surface area contributed by atoms with Gasteiger partial charge < -0.3 is 9.80 Å². The Kier molecular flexibility index (Phi) is 4.04. The molecule has 21 heavy (non-hydrogen) atoms. The zero-order valence-electron chi connectivity index (χ0n) is 12.8. The molecule has 3 rings (SSSR count). The second-order valence-electron chi connectivity index (χ2n) is 5.72. The van der Waals surface area contributed by atoms with E-state index in [0.29, 0.717) is 0 Å². The molecule has 0 saturated carbocycles. The summed E-state index contributed by atoms with van der Waals surface area (Å²) in [6.45, 7) is 2.12. The van der Waals surface area contributed by atoms with Crippen LogP contribution in [0, 0.1) is 0 Å². The molecule has 0 unspecified atom stereocenters. The minimum atomic E-state index is 0.861. The first-order valence-corrected chi connectivity index (χ1v) is 7.61. The van der Waals surface area contributed by atoms with Crippen LogP contribution < -0.4 is 9.80 Å². The van der Waals surface area contributed by atoms with Crippen LogP contribution in [0.3, 0.4) is 0 Å². The Bertz CT molecular complexity index is 589. The molecule has 1 saturated heterocycles. The van der Waals surface area contributed by atoms with Crippen molar-refractivity contribution in [1.82, 2.24) is 9.97 Å². The molecule has 4 heteroatoms. The van der Waals surface area contributed by atoms with Crippen molar-refractivity contribution in [3.63, 3.8) is 0 Å². The number of aromatic nitrogens is 2. The van der Waals surface area contributed by atoms with E-state index in [-0.39, 0.29) is 0 Å². The van der Waals surface area contributed by atoms with Gasteiger partial charge in [0, 0.05) is 38.8 Å². The molecule has 2 aromatic rings. The normalized spacial score (nSPS) is 15.0. The van der Waals surface area contributed by atoms with Crippen molar-refractivity contribution in [3.05, 3.63) is 36.4 Å². The van der Waals surface area contributed by atoms with E-state index in [2.05, 4.69) is 23.1 Å². The maximum absolute atomic E-state index is 4.80. The lowest BCUT2D eigenvalue weighted by molar-refractivity contribution is 0.568. The number of hydrogen-bond donors (Lipinski definition) is 0. The molecule has 0 radical (unpaired) electrons. The Morgan fingerprint density at radius 2 is 1.67 bits per heavy atom. The number of rotatable bonds is 3. The van der Waals surface area contributed by atoms with Gasteiger partial charge in [0.1, 0.15) is 5.82 Å². The second-order valence-corrected chi connectivity index (χ2v) is 5.72. The van der Waals surface area contributed by atoms with Gasteiger partial charge in [0.15, 0.2) is 0 Å². The van der Waals surface area contributed by atoms with E-state index in [1.54, 1.807) is 0 Å². The van der Waals surface area contributed by atoms with E-state index < -0.39 is 0 Å². The summed E-state index contributed by atoms with van der Waals surface area (Å²) in [5.74, 6) is 1.82. The van der Waals surface area contributed by atoms with Gasteiger partial charge in [0.25, 0.3) is 0 Å². The molecule has 0 spiro atoms. The van der Waals surface area contributed by atoms with Crippen molar-refractivity contribution in [2.45, 2.75) is 19.3 Å². The highest BCUT2D eigenvalue weighted by atomic mass is 15.3. The van der Waals surface area contributed by atoms with Gasteiger partial charge in [0.2, 0.25) is 5.95 Å². The van der Waals surface area contributed by atoms with Gasteiger partial charge in [0.05, 0.1) is 5.69 Å². The molecule has 0 N–H and O–H groups in total. The number of hydrogen-bond acceptors (Lipinski definition) is 4. The third-order valence-corrected chi connectivity index (χ3v) is 3.87. The standard InChI is InChI=1S/C17H22N4/c1-20(2)16-13-15(14-9-5-3-6-10-14)18-17(19-16)21-11-7-4-8-12-21/h3,5-6,9-10,13H,4,7-8,11-12H2,1-2H3. The molecule has 1 fully saturated rings. The van der Waals surface area contributed by atoms with Gasteiger partial charge in [-0.3, -0.25) is 0 Å². The van der Waals surface area contributed by atoms with Gasteiger partial charge in [-0.05, 0) is 19.3 Å². The first-order valence-electron chi connectivity index (χ1n) is 7.61. The summed E-state index contributed by atoms with van der Waals surface area (Å²) in [5.41, 5.74) is 2.14. The largest absolute Gasteiger partial charge is 0.363 e. The minimum Gasteiger partial charge on any atom is -0.363 e. The van der Waals surface area contributed by atoms with E-state index in [9.17, 15) is 0 Å². The van der Waals surface area contributed by atoms with Crippen molar-refractivity contribution < 1.29 is 0 Å². The third-order valence-electron chi connectivity index (χ3n) is 3.87. The van der Waals surface area contributed by atoms with Crippen LogP contribution in [0.15, 0.2) is 36.4 Å². The first-order chi connectivity index (χ1) is 10.2. The number of nitrogens with zero attached hydrogens (tertiary/aromatic N) is 4. The molecule has 110 valence electrons. The lowest BCUT2D eigenvalue weighted by Crippen LogP contribution is -2.31. The maximum Gasteiger partial charge on any atom is 0.227 e. The van der Waals surface area contributed by atoms with Gasteiger partial charge in [-0.15, -0.1) is 0 Å². The fourth-order valence-electron chi connectivity index (χ4n) is 2.64. The number of anilines is 2. The van der Waals surface area contributed by atoms with Crippen molar-refractivity contribution in [3.8, 4) is 11.3 Å². The molecule has 1 aliphatic heterocycles. The summed E-state index contributed by atoms with van der Waals surface area (Å²) in [5, 5.41) is 0. The quantitative estimate of drug-likeness (QED) is 0.865. The van der Waals surface area contributed by atoms with E-state index in [1.165, 1.54) is 19.3 Å². The topological polar surface area (TPSA) is 32.3 Å². The molecule has 2 heterocycles. The summed E-state index contributed by atoms with van der Waals surface area (Å²) in [7, 11) is 4.05. The molecular formula is C17H22N4. The molecule has 1 aliphatic rings. The first kappa shape index (κ1) is 13.9. The van der Waals surface area contributed by atoms with E-state index >= 15 is 0 Å². The summed E-state index contributed by atoms with van der Waals surface area (Å²) in [4.78, 5) is 13.9. The van der Waals surface area contributed by atoms with Crippen molar-refractivity contribution in [2.75, 3.05) is 37.0 Å². The van der Waals surface area contributed by atoms with Crippen LogP contribution in [-0.4, -0.2) is 37.2 Å². The lowest BCUT2D eigenvalue weighted by atomic mass is 10.1. The lowest BCUT2D eigenvalue weighted by Gasteiger charge is -2.28. The summed E-state index contributed by atoms with van der Waals surface area (Å²) >= 11 is 0. The Labute approximate surface area is 126 Å². The average Bonchev–Trinajstić information content (AvgIpc) is 2.56. The molecule has 4 nitrogen and oxygen atoms in total. The van der Waals surface area contributed by atoms with Crippen molar-refractivity contribution in [2.24, 2.45) is 0 Å².